The number of esters is 1. The van der Waals surface area contributed by atoms with Gasteiger partial charge in [-0.3, -0.25) is 4.79 Å². The molecule has 1 saturated heterocycles. The molecule has 0 aromatic carbocycles. The van der Waals surface area contributed by atoms with Crippen molar-refractivity contribution in [1.82, 2.24) is 25.6 Å². The summed E-state index contributed by atoms with van der Waals surface area (Å²) in [6.07, 6.45) is 2.27. The minimum absolute atomic E-state index is 0.0579. The van der Waals surface area contributed by atoms with Gasteiger partial charge in [-0.1, -0.05) is 0 Å². The lowest BCUT2D eigenvalue weighted by molar-refractivity contribution is -0.146. The first-order chi connectivity index (χ1) is 24.0. The zero-order valence-electron chi connectivity index (χ0n) is 31.7. The van der Waals surface area contributed by atoms with E-state index in [1.54, 1.807) is 0 Å². The van der Waals surface area contributed by atoms with Crippen molar-refractivity contribution in [3.63, 3.8) is 0 Å². The number of piperidine rings is 1. The van der Waals surface area contributed by atoms with Gasteiger partial charge >= 0.3 is 18.2 Å². The minimum atomic E-state index is -0.602. The SMILES string of the molecule is CC(=O)CCC(=O)OCCOCCNc1nc(N(CCCNC(=O)OC(C)(C)C)CCCNC(=O)OC(C)(C)C)nc(N2CCC(CN)CC2)n1. The van der Waals surface area contributed by atoms with Crippen LogP contribution in [0.4, 0.5) is 27.4 Å². The van der Waals surface area contributed by atoms with Crippen molar-refractivity contribution in [2.45, 2.75) is 98.2 Å². The van der Waals surface area contributed by atoms with E-state index in [0.29, 0.717) is 82.5 Å². The fourth-order valence-corrected chi connectivity index (χ4v) is 4.85. The molecule has 5 N–H and O–H groups in total. The van der Waals surface area contributed by atoms with Crippen molar-refractivity contribution in [2.24, 2.45) is 11.7 Å². The minimum Gasteiger partial charge on any atom is -0.463 e. The molecule has 17 heteroatoms. The highest BCUT2D eigenvalue weighted by Gasteiger charge is 2.23. The number of nitrogens with one attached hydrogen (secondary N) is 3. The predicted molar refractivity (Wildman–Crippen MR) is 194 cm³/mol. The van der Waals surface area contributed by atoms with Gasteiger partial charge in [0.25, 0.3) is 0 Å². The summed E-state index contributed by atoms with van der Waals surface area (Å²) in [6.45, 7) is 17.2. The van der Waals surface area contributed by atoms with E-state index in [-0.39, 0.29) is 31.8 Å². The number of alkyl carbamates (subject to hydrolysis) is 2. The van der Waals surface area contributed by atoms with Crippen LogP contribution in [0.1, 0.15) is 87.0 Å². The first-order valence-corrected chi connectivity index (χ1v) is 17.9. The Morgan fingerprint density at radius 3 is 1.94 bits per heavy atom. The average molecular weight is 724 g/mol. The Morgan fingerprint density at radius 2 is 1.41 bits per heavy atom. The molecule has 290 valence electrons. The van der Waals surface area contributed by atoms with E-state index in [9.17, 15) is 19.2 Å². The Bertz CT molecular complexity index is 1200. The van der Waals surface area contributed by atoms with Gasteiger partial charge in [-0.05, 0) is 86.6 Å². The molecular formula is C34H61N9O8. The molecule has 1 aromatic rings. The van der Waals surface area contributed by atoms with E-state index in [0.717, 1.165) is 25.9 Å². The third-order valence-electron chi connectivity index (χ3n) is 7.37. The molecule has 1 aromatic heterocycles. The number of Topliss-reactive ketones (excluding diaryl/α,β-unsaturated/α-hetero) is 1. The van der Waals surface area contributed by atoms with E-state index in [1.165, 1.54) is 6.92 Å². The van der Waals surface area contributed by atoms with Crippen molar-refractivity contribution in [1.29, 1.82) is 0 Å². The van der Waals surface area contributed by atoms with Gasteiger partial charge in [-0.15, -0.1) is 0 Å². The molecule has 1 fully saturated rings. The maximum atomic E-state index is 12.2. The zero-order valence-corrected chi connectivity index (χ0v) is 31.7. The summed E-state index contributed by atoms with van der Waals surface area (Å²) in [5.41, 5.74) is 4.73. The standard InChI is InChI=1S/C34H61N9O8/c1-25(44)10-11-27(45)49-23-22-48-21-16-36-28-39-29(41-30(40-28)43-19-12-26(24-35)13-20-43)42(17-8-14-37-31(46)50-33(2,3)4)18-9-15-38-32(47)51-34(5,6)7/h26H,8-24,35H2,1-7H3,(H,37,46)(H,38,47)(H,36,39,40,41). The lowest BCUT2D eigenvalue weighted by Gasteiger charge is -2.32. The molecule has 2 heterocycles. The van der Waals surface area contributed by atoms with Crippen molar-refractivity contribution in [3.05, 3.63) is 0 Å². The van der Waals surface area contributed by atoms with E-state index in [2.05, 4.69) is 20.9 Å². The largest absolute Gasteiger partial charge is 0.463 e. The maximum absolute atomic E-state index is 12.2. The van der Waals surface area contributed by atoms with Gasteiger partial charge in [-0.2, -0.15) is 15.0 Å². The van der Waals surface area contributed by atoms with Crippen LogP contribution in [0.3, 0.4) is 0 Å². The monoisotopic (exact) mass is 723 g/mol. The summed E-state index contributed by atoms with van der Waals surface area (Å²) in [7, 11) is 0. The summed E-state index contributed by atoms with van der Waals surface area (Å²) in [5.74, 6) is 1.33. The van der Waals surface area contributed by atoms with E-state index >= 15 is 0 Å². The van der Waals surface area contributed by atoms with Crippen LogP contribution in [-0.2, 0) is 28.5 Å². The Balaban J connectivity index is 2.12. The van der Waals surface area contributed by atoms with E-state index < -0.39 is 29.4 Å². The van der Waals surface area contributed by atoms with Crippen LogP contribution in [0, 0.1) is 5.92 Å². The number of carbonyl (C=O) groups excluding carboxylic acids is 4. The van der Waals surface area contributed by atoms with E-state index in [1.807, 2.05) is 46.4 Å². The van der Waals surface area contributed by atoms with E-state index in [4.69, 9.17) is 39.6 Å². The number of rotatable bonds is 21. The molecule has 0 aliphatic carbocycles. The average Bonchev–Trinajstić information content (AvgIpc) is 3.04. The van der Waals surface area contributed by atoms with Gasteiger partial charge in [0.1, 0.15) is 23.6 Å². The van der Waals surface area contributed by atoms with Gasteiger partial charge in [0.05, 0.1) is 19.6 Å². The fourth-order valence-electron chi connectivity index (χ4n) is 4.85. The van der Waals surface area contributed by atoms with Crippen LogP contribution < -0.4 is 31.5 Å². The molecule has 0 bridgehead atoms. The second kappa shape index (κ2) is 22.1. The highest BCUT2D eigenvalue weighted by atomic mass is 16.6. The molecule has 1 aliphatic rings. The second-order valence-electron chi connectivity index (χ2n) is 14.4. The Kier molecular flexibility index (Phi) is 18.7. The molecule has 51 heavy (non-hydrogen) atoms. The highest BCUT2D eigenvalue weighted by Crippen LogP contribution is 2.23. The smallest absolute Gasteiger partial charge is 0.407 e. The normalized spacial score (nSPS) is 13.7. The van der Waals surface area contributed by atoms with Gasteiger partial charge in [0.2, 0.25) is 17.8 Å². The van der Waals surface area contributed by atoms with Crippen LogP contribution >= 0.6 is 0 Å². The number of hydrogen-bond acceptors (Lipinski definition) is 15. The Morgan fingerprint density at radius 1 is 0.824 bits per heavy atom. The highest BCUT2D eigenvalue weighted by molar-refractivity contribution is 5.80. The Labute approximate surface area is 302 Å². The summed E-state index contributed by atoms with van der Waals surface area (Å²) < 4.78 is 21.4. The van der Waals surface area contributed by atoms with Crippen molar-refractivity contribution in [2.75, 3.05) is 87.3 Å². The van der Waals surface area contributed by atoms with Crippen LogP contribution in [0.25, 0.3) is 0 Å². The first-order valence-electron chi connectivity index (χ1n) is 17.9. The fraction of sp³-hybridized carbons (Fsp3) is 0.794. The molecule has 2 rings (SSSR count). The number of anilines is 3. The van der Waals surface area contributed by atoms with Gasteiger partial charge in [0.15, 0.2) is 0 Å². The molecular weight excluding hydrogens is 662 g/mol. The summed E-state index contributed by atoms with van der Waals surface area (Å²) in [4.78, 5) is 65.7. The maximum Gasteiger partial charge on any atom is 0.407 e. The second-order valence-corrected chi connectivity index (χ2v) is 14.4. The Hall–Kier alpha value is -3.99. The molecule has 1 aliphatic heterocycles. The molecule has 0 saturated carbocycles. The first kappa shape index (κ1) is 43.2. The topological polar surface area (TPSA) is 212 Å². The van der Waals surface area contributed by atoms with Crippen molar-refractivity contribution < 1.29 is 38.1 Å². The lowest BCUT2D eigenvalue weighted by Crippen LogP contribution is -2.38. The molecule has 0 spiro atoms. The number of hydrogen-bond donors (Lipinski definition) is 4. The summed E-state index contributed by atoms with van der Waals surface area (Å²) >= 11 is 0. The molecule has 0 unspecified atom stereocenters. The number of ketones is 1. The number of aromatic nitrogens is 3. The molecule has 0 atom stereocenters. The predicted octanol–water partition coefficient (Wildman–Crippen LogP) is 3.02. The number of ether oxygens (including phenoxy) is 4. The number of amides is 2. The number of nitrogens with two attached hydrogens (primary N) is 1. The third-order valence-corrected chi connectivity index (χ3v) is 7.37. The molecule has 0 radical (unpaired) electrons. The zero-order chi connectivity index (χ0) is 37.9. The number of carbonyl (C=O) groups is 4. The van der Waals surface area contributed by atoms with Crippen LogP contribution in [0.2, 0.25) is 0 Å². The summed E-state index contributed by atoms with van der Waals surface area (Å²) in [6, 6.07) is 0. The third kappa shape index (κ3) is 19.8. The van der Waals surface area contributed by atoms with Gasteiger partial charge in [-0.25, -0.2) is 9.59 Å². The summed E-state index contributed by atoms with van der Waals surface area (Å²) in [5, 5.41) is 8.83. The molecule has 2 amide bonds. The van der Waals surface area contributed by atoms with Crippen LogP contribution in [0.5, 0.6) is 0 Å². The van der Waals surface area contributed by atoms with Gasteiger partial charge < -0.3 is 55.2 Å². The van der Waals surface area contributed by atoms with Crippen molar-refractivity contribution >= 4 is 41.8 Å². The van der Waals surface area contributed by atoms with Crippen LogP contribution in [-0.4, -0.2) is 122 Å². The van der Waals surface area contributed by atoms with Crippen LogP contribution in [0.15, 0.2) is 0 Å². The number of nitrogens with zero attached hydrogens (tertiary/aromatic N) is 5. The quantitative estimate of drug-likeness (QED) is 0.0816. The molecule has 17 nitrogen and oxygen atoms in total. The van der Waals surface area contributed by atoms with Crippen molar-refractivity contribution in [3.8, 4) is 0 Å². The van der Waals surface area contributed by atoms with Gasteiger partial charge in [0, 0.05) is 52.2 Å². The lowest BCUT2D eigenvalue weighted by atomic mass is 9.97.